The molecule has 0 aliphatic rings. The molecule has 0 saturated heterocycles. The van der Waals surface area contributed by atoms with E-state index < -0.39 is 12.3 Å². The van der Waals surface area contributed by atoms with Crippen LogP contribution in [-0.4, -0.2) is 24.7 Å². The Morgan fingerprint density at radius 3 is 2.07 bits per heavy atom. The molecule has 0 aromatic heterocycles. The number of ether oxygens (including phenoxy) is 3. The van der Waals surface area contributed by atoms with Crippen molar-refractivity contribution < 1.29 is 37.0 Å². The number of Topliss-reactive ketones (excluding diaryl/α,β-unsaturated/α-hetero) is 1. The van der Waals surface area contributed by atoms with Crippen molar-refractivity contribution in [2.75, 3.05) is 6.61 Å². The molecule has 2 rings (SSSR count). The van der Waals surface area contributed by atoms with Crippen LogP contribution in [0.4, 0.5) is 13.2 Å². The fraction of sp³-hybridized carbons (Fsp3) is 0.263. The smallest absolute Gasteiger partial charge is 0.482 e. The highest BCUT2D eigenvalue weighted by Gasteiger charge is 2.30. The number of halogens is 3. The summed E-state index contributed by atoms with van der Waals surface area (Å²) in [6, 6.07) is 11.4. The van der Waals surface area contributed by atoms with Crippen LogP contribution in [0, 0.1) is 0 Å². The Labute approximate surface area is 153 Å². The van der Waals surface area contributed by atoms with E-state index in [1.165, 1.54) is 12.1 Å². The minimum absolute atomic E-state index is 0.00705. The Hall–Kier alpha value is -3.03. The van der Waals surface area contributed by atoms with Crippen molar-refractivity contribution in [2.45, 2.75) is 26.3 Å². The predicted molar refractivity (Wildman–Crippen MR) is 89.5 cm³/mol. The SMILES string of the molecule is CCC(=O)c1ccc(OCC(=O)OCc2ccc(OC(F)(F)F)cc2)cc1. The van der Waals surface area contributed by atoms with Gasteiger partial charge in [0.1, 0.15) is 18.1 Å². The van der Waals surface area contributed by atoms with Crippen molar-refractivity contribution in [1.82, 2.24) is 0 Å². The minimum Gasteiger partial charge on any atom is -0.482 e. The number of benzene rings is 2. The molecule has 5 nitrogen and oxygen atoms in total. The summed E-state index contributed by atoms with van der Waals surface area (Å²) in [6.45, 7) is 1.31. The van der Waals surface area contributed by atoms with Crippen molar-refractivity contribution in [3.63, 3.8) is 0 Å². The first-order valence-corrected chi connectivity index (χ1v) is 8.03. The number of esters is 1. The first kappa shape index (κ1) is 20.3. The summed E-state index contributed by atoms with van der Waals surface area (Å²) in [5, 5.41) is 0. The molecule has 2 aromatic carbocycles. The molecule has 0 aliphatic carbocycles. The Kier molecular flexibility index (Phi) is 6.81. The molecule has 0 unspecified atom stereocenters. The van der Waals surface area contributed by atoms with Crippen LogP contribution in [0.15, 0.2) is 48.5 Å². The van der Waals surface area contributed by atoms with Crippen molar-refractivity contribution in [2.24, 2.45) is 0 Å². The van der Waals surface area contributed by atoms with E-state index in [-0.39, 0.29) is 24.7 Å². The van der Waals surface area contributed by atoms with E-state index in [0.29, 0.717) is 23.3 Å². The van der Waals surface area contributed by atoms with Crippen LogP contribution >= 0.6 is 0 Å². The molecule has 0 saturated carbocycles. The van der Waals surface area contributed by atoms with Crippen molar-refractivity contribution in [1.29, 1.82) is 0 Å². The van der Waals surface area contributed by atoms with Gasteiger partial charge in [0.25, 0.3) is 0 Å². The molecule has 2 aromatic rings. The molecule has 0 heterocycles. The van der Waals surface area contributed by atoms with Gasteiger partial charge in [0.05, 0.1) is 0 Å². The first-order valence-electron chi connectivity index (χ1n) is 8.03. The van der Waals surface area contributed by atoms with E-state index in [2.05, 4.69) is 4.74 Å². The lowest BCUT2D eigenvalue weighted by atomic mass is 10.1. The zero-order valence-electron chi connectivity index (χ0n) is 14.4. The third kappa shape index (κ3) is 7.01. The lowest BCUT2D eigenvalue weighted by Crippen LogP contribution is -2.17. The molecule has 0 aliphatic heterocycles. The Balaban J connectivity index is 1.77. The number of carbonyl (C=O) groups excluding carboxylic acids is 2. The highest BCUT2D eigenvalue weighted by atomic mass is 19.4. The molecule has 0 radical (unpaired) electrons. The van der Waals surface area contributed by atoms with Gasteiger partial charge in [-0.15, -0.1) is 13.2 Å². The maximum Gasteiger partial charge on any atom is 0.573 e. The third-order valence-corrected chi connectivity index (χ3v) is 3.41. The zero-order valence-corrected chi connectivity index (χ0v) is 14.4. The molecule has 0 fully saturated rings. The highest BCUT2D eigenvalue weighted by molar-refractivity contribution is 5.95. The maximum absolute atomic E-state index is 12.1. The lowest BCUT2D eigenvalue weighted by molar-refractivity contribution is -0.274. The number of ketones is 1. The average Bonchev–Trinajstić information content (AvgIpc) is 2.64. The second-order valence-corrected chi connectivity index (χ2v) is 5.44. The van der Waals surface area contributed by atoms with E-state index in [4.69, 9.17) is 9.47 Å². The van der Waals surface area contributed by atoms with Gasteiger partial charge < -0.3 is 14.2 Å². The van der Waals surface area contributed by atoms with Crippen LogP contribution < -0.4 is 9.47 Å². The molecule has 0 amide bonds. The molecular formula is C19H17F3O5. The normalized spacial score (nSPS) is 11.0. The molecule has 0 spiro atoms. The van der Waals surface area contributed by atoms with Gasteiger partial charge in [0, 0.05) is 12.0 Å². The Morgan fingerprint density at radius 1 is 0.926 bits per heavy atom. The minimum atomic E-state index is -4.76. The van der Waals surface area contributed by atoms with Crippen LogP contribution in [0.1, 0.15) is 29.3 Å². The Bertz CT molecular complexity index is 767. The third-order valence-electron chi connectivity index (χ3n) is 3.41. The van der Waals surface area contributed by atoms with E-state index in [1.807, 2.05) is 0 Å². The monoisotopic (exact) mass is 382 g/mol. The standard InChI is InChI=1S/C19H17F3O5/c1-2-17(23)14-5-9-15(10-6-14)25-12-18(24)26-11-13-3-7-16(8-4-13)27-19(20,21)22/h3-10H,2,11-12H2,1H3. The molecule has 144 valence electrons. The number of hydrogen-bond acceptors (Lipinski definition) is 5. The fourth-order valence-corrected chi connectivity index (χ4v) is 2.08. The summed E-state index contributed by atoms with van der Waals surface area (Å²) in [7, 11) is 0. The second-order valence-electron chi connectivity index (χ2n) is 5.44. The zero-order chi connectivity index (χ0) is 19.9. The summed E-state index contributed by atoms with van der Waals surface area (Å²) in [6.07, 6.45) is -4.36. The van der Waals surface area contributed by atoms with Crippen LogP contribution in [0.25, 0.3) is 0 Å². The van der Waals surface area contributed by atoms with Gasteiger partial charge in [-0.25, -0.2) is 4.79 Å². The van der Waals surface area contributed by atoms with Crippen LogP contribution in [0.3, 0.4) is 0 Å². The summed E-state index contributed by atoms with van der Waals surface area (Å²) in [5.41, 5.74) is 1.06. The fourth-order valence-electron chi connectivity index (χ4n) is 2.08. The average molecular weight is 382 g/mol. The topological polar surface area (TPSA) is 61.8 Å². The van der Waals surface area contributed by atoms with Gasteiger partial charge in [-0.3, -0.25) is 4.79 Å². The second kappa shape index (κ2) is 9.07. The molecular weight excluding hydrogens is 365 g/mol. The molecule has 0 atom stereocenters. The predicted octanol–water partition coefficient (Wildman–Crippen LogP) is 4.30. The van der Waals surface area contributed by atoms with Crippen LogP contribution in [-0.2, 0) is 16.1 Å². The molecule has 8 heteroatoms. The van der Waals surface area contributed by atoms with Gasteiger partial charge in [0.2, 0.25) is 0 Å². The van der Waals surface area contributed by atoms with E-state index in [0.717, 1.165) is 12.1 Å². The van der Waals surface area contributed by atoms with Gasteiger partial charge in [-0.2, -0.15) is 0 Å². The van der Waals surface area contributed by atoms with Gasteiger partial charge >= 0.3 is 12.3 Å². The Morgan fingerprint density at radius 2 is 1.52 bits per heavy atom. The van der Waals surface area contributed by atoms with Gasteiger partial charge in [-0.05, 0) is 42.0 Å². The summed E-state index contributed by atoms with van der Waals surface area (Å²) in [4.78, 5) is 23.2. The van der Waals surface area contributed by atoms with E-state index in [1.54, 1.807) is 31.2 Å². The lowest BCUT2D eigenvalue weighted by Gasteiger charge is -2.10. The van der Waals surface area contributed by atoms with Crippen molar-refractivity contribution >= 4 is 11.8 Å². The molecule has 0 N–H and O–H groups in total. The van der Waals surface area contributed by atoms with Crippen LogP contribution in [0.5, 0.6) is 11.5 Å². The van der Waals surface area contributed by atoms with Crippen LogP contribution in [0.2, 0.25) is 0 Å². The maximum atomic E-state index is 12.1. The summed E-state index contributed by atoms with van der Waals surface area (Å²) in [5.74, 6) is -0.578. The van der Waals surface area contributed by atoms with Gasteiger partial charge in [0.15, 0.2) is 12.4 Å². The highest BCUT2D eigenvalue weighted by Crippen LogP contribution is 2.23. The number of hydrogen-bond donors (Lipinski definition) is 0. The largest absolute Gasteiger partial charge is 0.573 e. The van der Waals surface area contributed by atoms with Crippen molar-refractivity contribution in [3.05, 3.63) is 59.7 Å². The van der Waals surface area contributed by atoms with Crippen molar-refractivity contribution in [3.8, 4) is 11.5 Å². The van der Waals surface area contributed by atoms with E-state index >= 15 is 0 Å². The molecule has 27 heavy (non-hydrogen) atoms. The first-order chi connectivity index (χ1) is 12.8. The number of alkyl halides is 3. The van der Waals surface area contributed by atoms with E-state index in [9.17, 15) is 22.8 Å². The summed E-state index contributed by atoms with van der Waals surface area (Å²) >= 11 is 0. The molecule has 0 bridgehead atoms. The number of rotatable bonds is 8. The quantitative estimate of drug-likeness (QED) is 0.503. The van der Waals surface area contributed by atoms with Gasteiger partial charge in [-0.1, -0.05) is 19.1 Å². The summed E-state index contributed by atoms with van der Waals surface area (Å²) < 4.78 is 50.2. The number of carbonyl (C=O) groups is 2.